The lowest BCUT2D eigenvalue weighted by molar-refractivity contribution is -0.121. The number of nitrogens with zero attached hydrogens (tertiary/aromatic N) is 1. The van der Waals surface area contributed by atoms with Crippen molar-refractivity contribution in [3.8, 4) is 5.75 Å². The van der Waals surface area contributed by atoms with Gasteiger partial charge in [0.2, 0.25) is 5.91 Å². The summed E-state index contributed by atoms with van der Waals surface area (Å²) in [4.78, 5) is 14.5. The van der Waals surface area contributed by atoms with Gasteiger partial charge in [0.25, 0.3) is 0 Å². The van der Waals surface area contributed by atoms with Crippen LogP contribution in [0.1, 0.15) is 32.6 Å². The van der Waals surface area contributed by atoms with Gasteiger partial charge in [0.1, 0.15) is 5.75 Å². The van der Waals surface area contributed by atoms with E-state index in [1.165, 1.54) is 12.8 Å². The molecule has 1 aromatic carbocycles. The number of piperidine rings is 1. The first kappa shape index (κ1) is 13.4. The molecule has 1 heterocycles. The Hall–Kier alpha value is -1.55. The molecule has 1 atom stereocenters. The highest BCUT2D eigenvalue weighted by Gasteiger charge is 2.33. The lowest BCUT2D eigenvalue weighted by Gasteiger charge is -2.33. The highest BCUT2D eigenvalue weighted by Crippen LogP contribution is 2.27. The second kappa shape index (κ2) is 5.83. The van der Waals surface area contributed by atoms with Crippen molar-refractivity contribution in [1.29, 1.82) is 0 Å². The Bertz CT molecular complexity index is 485. The van der Waals surface area contributed by atoms with Crippen LogP contribution in [0.4, 0.5) is 5.69 Å². The molecule has 4 nitrogen and oxygen atoms in total. The number of benzene rings is 1. The van der Waals surface area contributed by atoms with Crippen molar-refractivity contribution < 1.29 is 9.53 Å². The zero-order valence-corrected chi connectivity index (χ0v) is 12.0. The van der Waals surface area contributed by atoms with E-state index >= 15 is 0 Å². The minimum atomic E-state index is -0.00741. The summed E-state index contributed by atoms with van der Waals surface area (Å²) in [5.41, 5.74) is 0.947. The highest BCUT2D eigenvalue weighted by molar-refractivity contribution is 5.98. The van der Waals surface area contributed by atoms with Gasteiger partial charge in [0.15, 0.2) is 0 Å². The van der Waals surface area contributed by atoms with Crippen LogP contribution in [0.5, 0.6) is 5.75 Å². The number of ether oxygens (including phenoxy) is 1. The van der Waals surface area contributed by atoms with Crippen LogP contribution < -0.4 is 15.0 Å². The van der Waals surface area contributed by atoms with Crippen molar-refractivity contribution >= 4 is 11.6 Å². The number of hydrogen-bond acceptors (Lipinski definition) is 3. The number of carbonyl (C=O) groups is 1. The number of nitrogens with one attached hydrogen (secondary N) is 1. The van der Waals surface area contributed by atoms with E-state index in [9.17, 15) is 4.79 Å². The van der Waals surface area contributed by atoms with Gasteiger partial charge in [-0.1, -0.05) is 6.07 Å². The van der Waals surface area contributed by atoms with Crippen LogP contribution in [0.2, 0.25) is 0 Å². The van der Waals surface area contributed by atoms with Gasteiger partial charge in [-0.15, -0.1) is 0 Å². The summed E-state index contributed by atoms with van der Waals surface area (Å²) in [7, 11) is 0. The summed E-state index contributed by atoms with van der Waals surface area (Å²) in [6, 6.07) is 8.39. The fourth-order valence-electron chi connectivity index (χ4n) is 2.73. The Morgan fingerprint density at radius 1 is 1.35 bits per heavy atom. The van der Waals surface area contributed by atoms with Gasteiger partial charge >= 0.3 is 0 Å². The Morgan fingerprint density at radius 3 is 2.95 bits per heavy atom. The summed E-state index contributed by atoms with van der Waals surface area (Å²) in [5.74, 6) is 1.03. The molecule has 1 saturated heterocycles. The smallest absolute Gasteiger partial charge is 0.244 e. The van der Waals surface area contributed by atoms with Gasteiger partial charge in [-0.05, 0) is 44.7 Å². The maximum absolute atomic E-state index is 12.6. The third-order valence-electron chi connectivity index (χ3n) is 3.89. The van der Waals surface area contributed by atoms with E-state index in [2.05, 4.69) is 5.32 Å². The number of amides is 1. The van der Waals surface area contributed by atoms with E-state index in [-0.39, 0.29) is 11.9 Å². The highest BCUT2D eigenvalue weighted by atomic mass is 16.5. The summed E-state index contributed by atoms with van der Waals surface area (Å²) in [6.45, 7) is 3.41. The van der Waals surface area contributed by atoms with E-state index in [4.69, 9.17) is 4.74 Å². The molecule has 1 aliphatic heterocycles. The number of hydrogen-bond donors (Lipinski definition) is 1. The van der Waals surface area contributed by atoms with Crippen molar-refractivity contribution in [2.45, 2.75) is 44.7 Å². The third kappa shape index (κ3) is 2.96. The molecule has 0 bridgehead atoms. The van der Waals surface area contributed by atoms with Gasteiger partial charge < -0.3 is 15.0 Å². The molecule has 1 saturated carbocycles. The summed E-state index contributed by atoms with van der Waals surface area (Å²) in [5, 5.41) is 3.46. The lowest BCUT2D eigenvalue weighted by Crippen LogP contribution is -2.51. The molecular weight excluding hydrogens is 252 g/mol. The van der Waals surface area contributed by atoms with Crippen LogP contribution >= 0.6 is 0 Å². The zero-order chi connectivity index (χ0) is 13.9. The summed E-state index contributed by atoms with van der Waals surface area (Å²) in [6.07, 6.45) is 4.43. The van der Waals surface area contributed by atoms with Crippen molar-refractivity contribution in [2.75, 3.05) is 18.1 Å². The van der Waals surface area contributed by atoms with E-state index in [1.54, 1.807) is 0 Å². The monoisotopic (exact) mass is 274 g/mol. The van der Waals surface area contributed by atoms with Crippen LogP contribution in [0.25, 0.3) is 0 Å². The molecule has 1 aliphatic carbocycles. The van der Waals surface area contributed by atoms with Crippen LogP contribution in [0.3, 0.4) is 0 Å². The van der Waals surface area contributed by atoms with E-state index in [1.807, 2.05) is 36.1 Å². The fraction of sp³-hybridized carbons (Fsp3) is 0.562. The molecule has 1 amide bonds. The first-order chi connectivity index (χ1) is 9.78. The molecule has 108 valence electrons. The van der Waals surface area contributed by atoms with E-state index < -0.39 is 0 Å². The number of carbonyl (C=O) groups excluding carboxylic acids is 1. The molecule has 1 N–H and O–H groups in total. The molecule has 1 unspecified atom stereocenters. The Morgan fingerprint density at radius 2 is 2.20 bits per heavy atom. The first-order valence-electron chi connectivity index (χ1n) is 7.58. The maximum atomic E-state index is 12.6. The largest absolute Gasteiger partial charge is 0.494 e. The normalized spacial score (nSPS) is 22.9. The van der Waals surface area contributed by atoms with Crippen LogP contribution in [-0.4, -0.2) is 31.1 Å². The van der Waals surface area contributed by atoms with E-state index in [0.29, 0.717) is 12.6 Å². The van der Waals surface area contributed by atoms with Crippen LogP contribution in [0.15, 0.2) is 24.3 Å². The SMILES string of the molecule is CCOc1cccc(N2CCCC(NC3CC3)C2=O)c1. The number of anilines is 1. The predicted molar refractivity (Wildman–Crippen MR) is 79.1 cm³/mol. The Kier molecular flexibility index (Phi) is 3.92. The average Bonchev–Trinajstić information content (AvgIpc) is 3.26. The minimum Gasteiger partial charge on any atom is -0.494 e. The Balaban J connectivity index is 1.74. The van der Waals surface area contributed by atoms with Gasteiger partial charge in [0.05, 0.1) is 12.6 Å². The average molecular weight is 274 g/mol. The molecule has 4 heteroatoms. The van der Waals surface area contributed by atoms with Gasteiger partial charge in [0, 0.05) is 24.3 Å². The molecule has 2 aliphatic rings. The van der Waals surface area contributed by atoms with Crippen LogP contribution in [0, 0.1) is 0 Å². The number of rotatable bonds is 5. The zero-order valence-electron chi connectivity index (χ0n) is 12.0. The summed E-state index contributed by atoms with van der Waals surface area (Å²) < 4.78 is 5.52. The molecule has 3 rings (SSSR count). The van der Waals surface area contributed by atoms with Gasteiger partial charge in [-0.25, -0.2) is 0 Å². The maximum Gasteiger partial charge on any atom is 0.244 e. The van der Waals surface area contributed by atoms with Gasteiger partial charge in [-0.3, -0.25) is 4.79 Å². The third-order valence-corrected chi connectivity index (χ3v) is 3.89. The minimum absolute atomic E-state index is 0.00741. The van der Waals surface area contributed by atoms with Crippen molar-refractivity contribution in [2.24, 2.45) is 0 Å². The molecular formula is C16H22N2O2. The fourth-order valence-corrected chi connectivity index (χ4v) is 2.73. The second-order valence-electron chi connectivity index (χ2n) is 5.56. The van der Waals surface area contributed by atoms with Crippen molar-refractivity contribution in [1.82, 2.24) is 5.32 Å². The topological polar surface area (TPSA) is 41.6 Å². The van der Waals surface area contributed by atoms with E-state index in [0.717, 1.165) is 30.8 Å². The predicted octanol–water partition coefficient (Wildman–Crippen LogP) is 2.33. The standard InChI is InChI=1S/C16H22N2O2/c1-2-20-14-6-3-5-13(11-14)18-10-4-7-15(16(18)19)17-12-8-9-12/h3,5-6,11-12,15,17H,2,4,7-10H2,1H3. The Labute approximate surface area is 120 Å². The lowest BCUT2D eigenvalue weighted by atomic mass is 10.0. The molecule has 2 fully saturated rings. The first-order valence-corrected chi connectivity index (χ1v) is 7.58. The molecule has 0 aromatic heterocycles. The molecule has 0 radical (unpaired) electrons. The summed E-state index contributed by atoms with van der Waals surface area (Å²) >= 11 is 0. The van der Waals surface area contributed by atoms with Gasteiger partial charge in [-0.2, -0.15) is 0 Å². The van der Waals surface area contributed by atoms with Crippen molar-refractivity contribution in [3.05, 3.63) is 24.3 Å². The van der Waals surface area contributed by atoms with Crippen molar-refractivity contribution in [3.63, 3.8) is 0 Å². The molecule has 1 aromatic rings. The quantitative estimate of drug-likeness (QED) is 0.896. The molecule has 20 heavy (non-hydrogen) atoms. The second-order valence-corrected chi connectivity index (χ2v) is 5.56. The molecule has 0 spiro atoms. The van der Waals surface area contributed by atoms with Crippen LogP contribution in [-0.2, 0) is 4.79 Å².